The average Bonchev–Trinajstić information content (AvgIpc) is 2.46. The normalized spacial score (nSPS) is 53.0. The Bertz CT molecular complexity index is 265. The number of rotatable bonds is 0. The SMILES string of the molecule is [2H]N1C(=O)[C@H]2C(C)[C@@]2(C)C1=O. The molecular formula is C7H9NO2. The third-order valence-electron chi connectivity index (χ3n) is 2.92. The van der Waals surface area contributed by atoms with Gasteiger partial charge in [0.1, 0.15) is 0 Å². The molecule has 10 heavy (non-hydrogen) atoms. The van der Waals surface area contributed by atoms with Gasteiger partial charge < -0.3 is 0 Å². The van der Waals surface area contributed by atoms with Crippen molar-refractivity contribution in [3.8, 4) is 0 Å². The highest BCUT2D eigenvalue weighted by molar-refractivity contribution is 6.11. The number of carbonyl (C=O) groups excluding carboxylic acids is 2. The Morgan fingerprint density at radius 2 is 2.30 bits per heavy atom. The molecule has 1 saturated heterocycles. The molecule has 1 heterocycles. The van der Waals surface area contributed by atoms with Crippen molar-refractivity contribution in [1.82, 2.24) is 5.31 Å². The zero-order valence-electron chi connectivity index (χ0n) is 6.92. The van der Waals surface area contributed by atoms with Crippen LogP contribution in [0.1, 0.15) is 13.8 Å². The molecule has 2 amide bonds. The Morgan fingerprint density at radius 1 is 1.70 bits per heavy atom. The van der Waals surface area contributed by atoms with Crippen LogP contribution < -0.4 is 5.31 Å². The highest BCUT2D eigenvalue weighted by Crippen LogP contribution is 2.61. The first-order chi connectivity index (χ1) is 5.01. The lowest BCUT2D eigenvalue weighted by molar-refractivity contribution is -0.129. The van der Waals surface area contributed by atoms with Gasteiger partial charge in [0, 0.05) is 0 Å². The third kappa shape index (κ3) is 0.365. The first-order valence-electron chi connectivity index (χ1n) is 3.83. The van der Waals surface area contributed by atoms with E-state index < -0.39 is 5.41 Å². The summed E-state index contributed by atoms with van der Waals surface area (Å²) in [6.07, 6.45) is 0. The number of nitrogens with one attached hydrogen (secondary N) is 1. The van der Waals surface area contributed by atoms with Crippen LogP contribution in [-0.4, -0.2) is 11.8 Å². The second kappa shape index (κ2) is 1.26. The second-order valence-electron chi connectivity index (χ2n) is 3.30. The van der Waals surface area contributed by atoms with E-state index in [4.69, 9.17) is 1.41 Å². The molecule has 0 aromatic carbocycles. The van der Waals surface area contributed by atoms with Crippen molar-refractivity contribution in [3.05, 3.63) is 0 Å². The smallest absolute Gasteiger partial charge is 0.233 e. The molecule has 0 bridgehead atoms. The molecule has 2 fully saturated rings. The van der Waals surface area contributed by atoms with E-state index in [1.807, 2.05) is 6.92 Å². The standard InChI is InChI=1S/C7H9NO2/c1-3-4-5(9)8-6(10)7(3,4)2/h3-4H,1-2H3,(H,8,9,10)/t3?,4-,7-/m1/s1/i/hD. The largest absolute Gasteiger partial charge is 0.296 e. The molecule has 54 valence electrons. The first kappa shape index (κ1) is 4.88. The van der Waals surface area contributed by atoms with E-state index in [9.17, 15) is 9.59 Å². The lowest BCUT2D eigenvalue weighted by Gasteiger charge is -2.01. The fourth-order valence-corrected chi connectivity index (χ4v) is 1.82. The van der Waals surface area contributed by atoms with Gasteiger partial charge in [0.15, 0.2) is 1.41 Å². The van der Waals surface area contributed by atoms with Gasteiger partial charge in [-0.2, -0.15) is 0 Å². The summed E-state index contributed by atoms with van der Waals surface area (Å²) in [4.78, 5) is 22.3. The van der Waals surface area contributed by atoms with E-state index in [1.165, 1.54) is 0 Å². The first-order valence-corrected chi connectivity index (χ1v) is 3.38. The van der Waals surface area contributed by atoms with E-state index >= 15 is 0 Å². The van der Waals surface area contributed by atoms with Gasteiger partial charge >= 0.3 is 0 Å². The van der Waals surface area contributed by atoms with Gasteiger partial charge in [0.25, 0.3) is 0 Å². The van der Waals surface area contributed by atoms with Crippen LogP contribution in [0.5, 0.6) is 0 Å². The molecule has 3 atom stereocenters. The van der Waals surface area contributed by atoms with Crippen molar-refractivity contribution >= 4 is 11.8 Å². The minimum atomic E-state index is -0.529. The van der Waals surface area contributed by atoms with Crippen molar-refractivity contribution in [3.63, 3.8) is 0 Å². The van der Waals surface area contributed by atoms with Crippen molar-refractivity contribution in [2.45, 2.75) is 13.8 Å². The molecule has 1 saturated carbocycles. The molecule has 0 aromatic rings. The van der Waals surface area contributed by atoms with Crippen LogP contribution in [0.25, 0.3) is 0 Å². The number of carbonyl (C=O) groups is 2. The molecule has 0 spiro atoms. The van der Waals surface area contributed by atoms with E-state index in [1.54, 1.807) is 6.92 Å². The zero-order valence-corrected chi connectivity index (χ0v) is 5.92. The van der Waals surface area contributed by atoms with Gasteiger partial charge in [-0.25, -0.2) is 0 Å². The van der Waals surface area contributed by atoms with E-state index in [0.29, 0.717) is 5.31 Å². The number of hydrogen-bond donors (Lipinski definition) is 1. The Kier molecular flexibility index (Phi) is 0.615. The summed E-state index contributed by atoms with van der Waals surface area (Å²) >= 11 is 0. The molecule has 1 aliphatic carbocycles. The highest BCUT2D eigenvalue weighted by atomic mass is 16.2. The summed E-state index contributed by atoms with van der Waals surface area (Å²) in [5.41, 5.74) is -0.529. The monoisotopic (exact) mass is 140 g/mol. The molecule has 3 nitrogen and oxygen atoms in total. The number of fused-ring (bicyclic) bond motifs is 1. The molecule has 1 N–H and O–H groups in total. The number of imide groups is 1. The summed E-state index contributed by atoms with van der Waals surface area (Å²) < 4.78 is 7.05. The quantitative estimate of drug-likeness (QED) is 0.478. The number of amides is 2. The van der Waals surface area contributed by atoms with Gasteiger partial charge in [-0.15, -0.1) is 0 Å². The lowest BCUT2D eigenvalue weighted by atomic mass is 10.1. The van der Waals surface area contributed by atoms with Crippen LogP contribution in [0, 0.1) is 17.3 Å². The van der Waals surface area contributed by atoms with Crippen molar-refractivity contribution in [1.29, 1.82) is 0 Å². The number of hydrogen-bond acceptors (Lipinski definition) is 2. The fourth-order valence-electron chi connectivity index (χ4n) is 1.82. The summed E-state index contributed by atoms with van der Waals surface area (Å²) in [5.74, 6) is -0.721. The van der Waals surface area contributed by atoms with Crippen molar-refractivity contribution < 1.29 is 11.0 Å². The Labute approximate surface area is 60.3 Å². The molecular weight excluding hydrogens is 130 g/mol. The van der Waals surface area contributed by atoms with Gasteiger partial charge in [-0.1, -0.05) is 6.92 Å². The number of piperidine rings is 1. The predicted molar refractivity (Wildman–Crippen MR) is 33.9 cm³/mol. The van der Waals surface area contributed by atoms with Gasteiger partial charge in [-0.3, -0.25) is 14.9 Å². The van der Waals surface area contributed by atoms with E-state index in [2.05, 4.69) is 0 Å². The molecule has 1 unspecified atom stereocenters. The summed E-state index contributed by atoms with van der Waals surface area (Å²) in [7, 11) is 0. The van der Waals surface area contributed by atoms with E-state index in [0.717, 1.165) is 0 Å². The third-order valence-corrected chi connectivity index (χ3v) is 2.92. The van der Waals surface area contributed by atoms with Gasteiger partial charge in [-0.05, 0) is 12.8 Å². The molecule has 2 rings (SSSR count). The van der Waals surface area contributed by atoms with Crippen LogP contribution >= 0.6 is 0 Å². The Morgan fingerprint density at radius 3 is 2.60 bits per heavy atom. The van der Waals surface area contributed by atoms with Crippen LogP contribution in [0.2, 0.25) is 1.41 Å². The molecule has 1 aliphatic heterocycles. The minimum Gasteiger partial charge on any atom is -0.296 e. The topological polar surface area (TPSA) is 46.2 Å². The zero-order chi connectivity index (χ0) is 8.39. The molecule has 0 radical (unpaired) electrons. The van der Waals surface area contributed by atoms with Crippen LogP contribution in [0.3, 0.4) is 0 Å². The molecule has 0 aromatic heterocycles. The highest BCUT2D eigenvalue weighted by Gasteiger charge is 2.71. The lowest BCUT2D eigenvalue weighted by Crippen LogP contribution is -2.29. The predicted octanol–water partition coefficient (Wildman–Crippen LogP) is -0.0850. The maximum absolute atomic E-state index is 11.2. The molecule has 2 aliphatic rings. The fraction of sp³-hybridized carbons (Fsp3) is 0.714. The Balaban J connectivity index is 2.41. The maximum Gasteiger partial charge on any atom is 0.233 e. The summed E-state index contributed by atoms with van der Waals surface area (Å²) in [6.45, 7) is 3.64. The van der Waals surface area contributed by atoms with Gasteiger partial charge in [0.2, 0.25) is 11.8 Å². The molecule has 3 heteroatoms. The van der Waals surface area contributed by atoms with Gasteiger partial charge in [0.05, 0.1) is 11.3 Å². The Hall–Kier alpha value is -0.860. The minimum absolute atomic E-state index is 0.143. The maximum atomic E-state index is 11.2. The average molecular weight is 140 g/mol. The summed E-state index contributed by atoms with van der Waals surface area (Å²) in [6, 6.07) is 0. The van der Waals surface area contributed by atoms with Crippen LogP contribution in [-0.2, 0) is 9.59 Å². The second-order valence-corrected chi connectivity index (χ2v) is 3.30. The summed E-state index contributed by atoms with van der Waals surface area (Å²) in [5, 5.41) is 0.505. The van der Waals surface area contributed by atoms with Crippen molar-refractivity contribution in [2.24, 2.45) is 17.3 Å². The van der Waals surface area contributed by atoms with Crippen molar-refractivity contribution in [2.75, 3.05) is 0 Å². The van der Waals surface area contributed by atoms with Crippen LogP contribution in [0.4, 0.5) is 0 Å². The van der Waals surface area contributed by atoms with E-state index in [-0.39, 0.29) is 23.7 Å². The van der Waals surface area contributed by atoms with Crippen LogP contribution in [0.15, 0.2) is 0 Å².